The van der Waals surface area contributed by atoms with Gasteiger partial charge in [0, 0.05) is 27.2 Å². The lowest BCUT2D eigenvalue weighted by Crippen LogP contribution is -2.58. The lowest BCUT2D eigenvalue weighted by atomic mass is 9.34. The van der Waals surface area contributed by atoms with Crippen LogP contribution in [-0.4, -0.2) is 11.3 Å². The molecule has 9 rings (SSSR count). The van der Waals surface area contributed by atoms with Gasteiger partial charge in [0.1, 0.15) is 22.7 Å². The number of nitrogens with zero attached hydrogens (tertiary/aromatic N) is 1. The predicted octanol–water partition coefficient (Wildman–Crippen LogP) is 5.62. The van der Waals surface area contributed by atoms with E-state index in [1.807, 2.05) is 12.1 Å². The molecule has 2 aromatic heterocycles. The van der Waals surface area contributed by atoms with E-state index in [1.54, 1.807) is 0 Å². The number of fused-ring (bicyclic) bond motifs is 11. The van der Waals surface area contributed by atoms with Crippen LogP contribution >= 0.6 is 0 Å². The molecule has 0 unspecified atom stereocenters. The summed E-state index contributed by atoms with van der Waals surface area (Å²) in [6.45, 7) is 0.0414. The van der Waals surface area contributed by atoms with Crippen LogP contribution in [0.25, 0.3) is 49.4 Å². The molecule has 0 saturated carbocycles. The van der Waals surface area contributed by atoms with Gasteiger partial charge in [0.05, 0.1) is 11.0 Å². The van der Waals surface area contributed by atoms with Crippen LogP contribution in [0, 0.1) is 0 Å². The molecule has 3 nitrogen and oxygen atoms in total. The molecule has 0 spiro atoms. The van der Waals surface area contributed by atoms with Gasteiger partial charge in [0.2, 0.25) is 0 Å². The fourth-order valence-electron chi connectivity index (χ4n) is 6.35. The predicted molar refractivity (Wildman–Crippen MR) is 139 cm³/mol. The third-order valence-electron chi connectivity index (χ3n) is 7.65. The van der Waals surface area contributed by atoms with Crippen molar-refractivity contribution in [3.8, 4) is 17.2 Å². The van der Waals surface area contributed by atoms with E-state index in [9.17, 15) is 0 Å². The van der Waals surface area contributed by atoms with Crippen LogP contribution in [0.2, 0.25) is 0 Å². The van der Waals surface area contributed by atoms with E-state index in [2.05, 4.69) is 89.5 Å². The van der Waals surface area contributed by atoms with Crippen LogP contribution < -0.4 is 21.1 Å². The molecule has 0 saturated heterocycles. The zero-order valence-corrected chi connectivity index (χ0v) is 18.1. The SMILES string of the molecule is c1ccc2c(c1)Oc1cccc3c1B2c1c2oc4ccccc4c2cc2c4ccccc4n-3c12. The average Bonchev–Trinajstić information content (AvgIpc) is 3.42. The third kappa shape index (κ3) is 1.85. The summed E-state index contributed by atoms with van der Waals surface area (Å²) < 4.78 is 15.5. The largest absolute Gasteiger partial charge is 0.458 e. The van der Waals surface area contributed by atoms with E-state index in [1.165, 1.54) is 49.3 Å². The van der Waals surface area contributed by atoms with Crippen molar-refractivity contribution in [3.05, 3.63) is 97.1 Å². The normalized spacial score (nSPS) is 13.5. The highest BCUT2D eigenvalue weighted by Crippen LogP contribution is 2.41. The van der Waals surface area contributed by atoms with Crippen LogP contribution in [-0.2, 0) is 0 Å². The molecule has 2 aliphatic rings. The first kappa shape index (κ1) is 17.1. The Morgan fingerprint density at radius 3 is 2.38 bits per heavy atom. The summed E-state index contributed by atoms with van der Waals surface area (Å²) in [5.41, 5.74) is 9.16. The number of hydrogen-bond acceptors (Lipinski definition) is 2. The second kappa shape index (κ2) is 5.73. The number of hydrogen-bond donors (Lipinski definition) is 0. The highest BCUT2D eigenvalue weighted by molar-refractivity contribution is 7.00. The van der Waals surface area contributed by atoms with E-state index < -0.39 is 0 Å². The maximum absolute atomic E-state index is 6.64. The van der Waals surface area contributed by atoms with Crippen molar-refractivity contribution in [2.45, 2.75) is 0 Å². The fourth-order valence-corrected chi connectivity index (χ4v) is 6.35. The summed E-state index contributed by atoms with van der Waals surface area (Å²) in [5.74, 6) is 1.84. The molecular formula is C30H16BNO2. The molecule has 4 heteroatoms. The molecule has 0 N–H and O–H groups in total. The first-order valence-corrected chi connectivity index (χ1v) is 11.7. The van der Waals surface area contributed by atoms with E-state index in [-0.39, 0.29) is 6.71 Å². The molecule has 156 valence electrons. The van der Waals surface area contributed by atoms with Crippen molar-refractivity contribution in [1.82, 2.24) is 4.57 Å². The van der Waals surface area contributed by atoms with Crippen LogP contribution in [0.4, 0.5) is 0 Å². The Morgan fingerprint density at radius 1 is 0.618 bits per heavy atom. The third-order valence-corrected chi connectivity index (χ3v) is 7.65. The Kier molecular flexibility index (Phi) is 2.88. The Bertz CT molecular complexity index is 2010. The molecule has 5 aromatic carbocycles. The average molecular weight is 433 g/mol. The van der Waals surface area contributed by atoms with E-state index in [0.717, 1.165) is 28.1 Å². The molecule has 0 radical (unpaired) electrons. The van der Waals surface area contributed by atoms with Crippen LogP contribution in [0.3, 0.4) is 0 Å². The number of furan rings is 1. The maximum Gasteiger partial charge on any atom is 0.261 e. The van der Waals surface area contributed by atoms with Crippen molar-refractivity contribution >= 4 is 66.8 Å². The van der Waals surface area contributed by atoms with E-state index in [0.29, 0.717) is 0 Å². The first-order valence-electron chi connectivity index (χ1n) is 11.7. The summed E-state index contributed by atoms with van der Waals surface area (Å²) in [7, 11) is 0. The molecule has 0 bridgehead atoms. The maximum atomic E-state index is 6.64. The van der Waals surface area contributed by atoms with Gasteiger partial charge in [0.25, 0.3) is 6.71 Å². The molecule has 4 heterocycles. The lowest BCUT2D eigenvalue weighted by Gasteiger charge is -2.33. The van der Waals surface area contributed by atoms with Gasteiger partial charge in [-0.05, 0) is 52.8 Å². The van der Waals surface area contributed by atoms with Crippen LogP contribution in [0.15, 0.2) is 101 Å². The van der Waals surface area contributed by atoms with Crippen molar-refractivity contribution in [2.24, 2.45) is 0 Å². The summed E-state index contributed by atoms with van der Waals surface area (Å²) in [6.07, 6.45) is 0. The zero-order chi connectivity index (χ0) is 22.0. The van der Waals surface area contributed by atoms with Gasteiger partial charge in [-0.2, -0.15) is 0 Å². The molecule has 0 atom stereocenters. The molecule has 0 amide bonds. The topological polar surface area (TPSA) is 27.3 Å². The van der Waals surface area contributed by atoms with E-state index >= 15 is 0 Å². The zero-order valence-electron chi connectivity index (χ0n) is 18.1. The minimum Gasteiger partial charge on any atom is -0.458 e. The summed E-state index contributed by atoms with van der Waals surface area (Å²) in [6, 6.07) is 34.3. The second-order valence-corrected chi connectivity index (χ2v) is 9.28. The van der Waals surface area contributed by atoms with Crippen molar-refractivity contribution in [2.75, 3.05) is 0 Å². The standard InChI is InChI=1S/C30H16BNO2/c1-4-11-22-17(8-1)19-16-20-18-9-2-5-13-24(18)34-30(20)28-29(19)32(22)23-12-7-15-26-27(23)31(28)21-10-3-6-14-25(21)33-26/h1-16H. The van der Waals surface area contributed by atoms with Crippen molar-refractivity contribution in [1.29, 1.82) is 0 Å². The monoisotopic (exact) mass is 433 g/mol. The fraction of sp³-hybridized carbons (Fsp3) is 0. The number of ether oxygens (including phenoxy) is 1. The van der Waals surface area contributed by atoms with Gasteiger partial charge >= 0.3 is 0 Å². The molecule has 2 aliphatic heterocycles. The second-order valence-electron chi connectivity index (χ2n) is 9.28. The van der Waals surface area contributed by atoms with Gasteiger partial charge < -0.3 is 13.7 Å². The van der Waals surface area contributed by atoms with Gasteiger partial charge in [-0.25, -0.2) is 0 Å². The van der Waals surface area contributed by atoms with Crippen LogP contribution in [0.5, 0.6) is 11.5 Å². The Balaban J connectivity index is 1.62. The van der Waals surface area contributed by atoms with Gasteiger partial charge in [0.15, 0.2) is 0 Å². The number of para-hydroxylation sites is 3. The number of aromatic nitrogens is 1. The van der Waals surface area contributed by atoms with Gasteiger partial charge in [-0.1, -0.05) is 60.7 Å². The lowest BCUT2D eigenvalue weighted by molar-refractivity contribution is 0.487. The van der Waals surface area contributed by atoms with Gasteiger partial charge in [-0.15, -0.1) is 0 Å². The first-order chi connectivity index (χ1) is 16.9. The minimum absolute atomic E-state index is 0.0414. The minimum atomic E-state index is 0.0414. The Labute approximate surface area is 194 Å². The summed E-state index contributed by atoms with van der Waals surface area (Å²) in [4.78, 5) is 0. The Hall–Kier alpha value is -4.44. The van der Waals surface area contributed by atoms with Crippen LogP contribution in [0.1, 0.15) is 0 Å². The summed E-state index contributed by atoms with van der Waals surface area (Å²) >= 11 is 0. The number of benzene rings is 5. The smallest absolute Gasteiger partial charge is 0.261 e. The highest BCUT2D eigenvalue weighted by atomic mass is 16.5. The van der Waals surface area contributed by atoms with Gasteiger partial charge in [-0.3, -0.25) is 0 Å². The molecular weight excluding hydrogens is 417 g/mol. The number of rotatable bonds is 0. The Morgan fingerprint density at radius 2 is 1.41 bits per heavy atom. The quantitative estimate of drug-likeness (QED) is 0.291. The van der Waals surface area contributed by atoms with Crippen molar-refractivity contribution < 1.29 is 9.15 Å². The van der Waals surface area contributed by atoms with Crippen molar-refractivity contribution in [3.63, 3.8) is 0 Å². The molecule has 34 heavy (non-hydrogen) atoms. The molecule has 0 aliphatic carbocycles. The molecule has 0 fully saturated rings. The highest BCUT2D eigenvalue weighted by Gasteiger charge is 2.42. The summed E-state index contributed by atoms with van der Waals surface area (Å²) in [5, 5.41) is 4.86. The van der Waals surface area contributed by atoms with E-state index in [4.69, 9.17) is 9.15 Å². The molecule has 7 aromatic rings.